The van der Waals surface area contributed by atoms with E-state index in [1.54, 1.807) is 24.3 Å². The fourth-order valence-electron chi connectivity index (χ4n) is 2.79. The Balaban J connectivity index is 1.81. The molecular weight excluding hydrogens is 440 g/mol. The van der Waals surface area contributed by atoms with Crippen molar-refractivity contribution in [3.8, 4) is 17.5 Å². The molecular formula is C24H24N4O6. The highest BCUT2D eigenvalue weighted by Crippen LogP contribution is 2.26. The van der Waals surface area contributed by atoms with Gasteiger partial charge < -0.3 is 24.8 Å². The van der Waals surface area contributed by atoms with Gasteiger partial charge in [0.05, 0.1) is 24.3 Å². The smallest absolute Gasteiger partial charge is 0.339 e. The Labute approximate surface area is 196 Å². The lowest BCUT2D eigenvalue weighted by atomic mass is 10.2. The van der Waals surface area contributed by atoms with E-state index in [-0.39, 0.29) is 40.7 Å². The topological polar surface area (TPSA) is 129 Å². The minimum absolute atomic E-state index is 0.143. The third-order valence-corrected chi connectivity index (χ3v) is 4.22. The van der Waals surface area contributed by atoms with E-state index in [0.29, 0.717) is 11.4 Å². The standard InChI is InChI=1S/C24H24N4O6/c1-14(2)33-21-11-17(23(30)27-20-10-5-16(13-25-20)24(31)32-4)12-22(28-21)34-19-8-6-18(7-9-19)26-15(3)29/h5-14H,1-4H3,(H,26,29)(H,25,27,30). The van der Waals surface area contributed by atoms with Gasteiger partial charge in [0.1, 0.15) is 11.6 Å². The molecule has 0 saturated heterocycles. The predicted octanol–water partition coefficient (Wildman–Crippen LogP) is 4.05. The van der Waals surface area contributed by atoms with Gasteiger partial charge in [-0.05, 0) is 50.2 Å². The lowest BCUT2D eigenvalue weighted by Gasteiger charge is -2.13. The van der Waals surface area contributed by atoms with Crippen molar-refractivity contribution >= 4 is 29.3 Å². The highest BCUT2D eigenvalue weighted by Gasteiger charge is 2.15. The number of nitrogens with one attached hydrogen (secondary N) is 2. The van der Waals surface area contributed by atoms with E-state index in [9.17, 15) is 14.4 Å². The first-order valence-electron chi connectivity index (χ1n) is 10.3. The van der Waals surface area contributed by atoms with Crippen LogP contribution in [0.5, 0.6) is 17.5 Å². The zero-order chi connectivity index (χ0) is 24.7. The summed E-state index contributed by atoms with van der Waals surface area (Å²) >= 11 is 0. The normalized spacial score (nSPS) is 10.4. The molecule has 0 aliphatic carbocycles. The summed E-state index contributed by atoms with van der Waals surface area (Å²) in [4.78, 5) is 44.0. The van der Waals surface area contributed by atoms with Crippen molar-refractivity contribution in [2.75, 3.05) is 17.7 Å². The average Bonchev–Trinajstić information content (AvgIpc) is 2.79. The molecule has 2 amide bonds. The summed E-state index contributed by atoms with van der Waals surface area (Å²) < 4.78 is 16.1. The number of anilines is 2. The summed E-state index contributed by atoms with van der Waals surface area (Å²) in [6, 6.07) is 12.6. The molecule has 0 aliphatic heterocycles. The van der Waals surface area contributed by atoms with Gasteiger partial charge in [0.2, 0.25) is 17.7 Å². The number of rotatable bonds is 8. The molecule has 176 valence electrons. The predicted molar refractivity (Wildman–Crippen MR) is 124 cm³/mol. The number of amides is 2. The highest BCUT2D eigenvalue weighted by molar-refractivity contribution is 6.04. The number of carbonyl (C=O) groups excluding carboxylic acids is 3. The Morgan fingerprint density at radius 2 is 1.62 bits per heavy atom. The highest BCUT2D eigenvalue weighted by atomic mass is 16.5. The second-order valence-electron chi connectivity index (χ2n) is 7.38. The quantitative estimate of drug-likeness (QED) is 0.478. The largest absolute Gasteiger partial charge is 0.475 e. The van der Waals surface area contributed by atoms with E-state index >= 15 is 0 Å². The molecule has 3 rings (SSSR count). The molecule has 0 saturated carbocycles. The van der Waals surface area contributed by atoms with Crippen LogP contribution >= 0.6 is 0 Å². The molecule has 0 unspecified atom stereocenters. The summed E-state index contributed by atoms with van der Waals surface area (Å²) in [6.07, 6.45) is 1.13. The van der Waals surface area contributed by atoms with Gasteiger partial charge in [-0.15, -0.1) is 0 Å². The van der Waals surface area contributed by atoms with Crippen LogP contribution in [-0.2, 0) is 9.53 Å². The molecule has 10 heteroatoms. The van der Waals surface area contributed by atoms with E-state index in [2.05, 4.69) is 25.3 Å². The first-order chi connectivity index (χ1) is 16.2. The number of benzene rings is 1. The average molecular weight is 464 g/mol. The summed E-state index contributed by atoms with van der Waals surface area (Å²) in [5.41, 5.74) is 1.11. The SMILES string of the molecule is COC(=O)c1ccc(NC(=O)c2cc(Oc3ccc(NC(C)=O)cc3)nc(OC(C)C)c2)nc1. The van der Waals surface area contributed by atoms with Crippen molar-refractivity contribution in [1.29, 1.82) is 0 Å². The van der Waals surface area contributed by atoms with Crippen LogP contribution in [0.1, 0.15) is 41.5 Å². The molecule has 0 fully saturated rings. The molecule has 2 N–H and O–H groups in total. The van der Waals surface area contributed by atoms with Crippen molar-refractivity contribution in [2.45, 2.75) is 26.9 Å². The zero-order valence-electron chi connectivity index (χ0n) is 19.1. The number of hydrogen-bond acceptors (Lipinski definition) is 8. The minimum atomic E-state index is -0.526. The summed E-state index contributed by atoms with van der Waals surface area (Å²) in [5, 5.41) is 5.33. The molecule has 0 atom stereocenters. The van der Waals surface area contributed by atoms with Crippen LogP contribution in [0.3, 0.4) is 0 Å². The Hall–Kier alpha value is -4.47. The maximum absolute atomic E-state index is 12.9. The minimum Gasteiger partial charge on any atom is -0.475 e. The van der Waals surface area contributed by atoms with Gasteiger partial charge in [0.15, 0.2) is 0 Å². The Morgan fingerprint density at radius 1 is 0.912 bits per heavy atom. The lowest BCUT2D eigenvalue weighted by molar-refractivity contribution is -0.114. The molecule has 0 bridgehead atoms. The molecule has 0 aliphatic rings. The van der Waals surface area contributed by atoms with Crippen LogP contribution in [0, 0.1) is 0 Å². The first kappa shape index (κ1) is 24.2. The van der Waals surface area contributed by atoms with Crippen LogP contribution in [0.4, 0.5) is 11.5 Å². The van der Waals surface area contributed by atoms with E-state index in [1.807, 2.05) is 13.8 Å². The van der Waals surface area contributed by atoms with E-state index < -0.39 is 11.9 Å². The second kappa shape index (κ2) is 10.9. The number of pyridine rings is 2. The van der Waals surface area contributed by atoms with Gasteiger partial charge in [-0.2, -0.15) is 4.98 Å². The van der Waals surface area contributed by atoms with Crippen LogP contribution in [0.25, 0.3) is 0 Å². The summed E-state index contributed by atoms with van der Waals surface area (Å²) in [7, 11) is 1.27. The van der Waals surface area contributed by atoms with Gasteiger partial charge in [0.25, 0.3) is 5.91 Å². The van der Waals surface area contributed by atoms with Crippen molar-refractivity contribution in [3.05, 3.63) is 65.9 Å². The van der Waals surface area contributed by atoms with Gasteiger partial charge in [-0.3, -0.25) is 9.59 Å². The second-order valence-corrected chi connectivity index (χ2v) is 7.38. The van der Waals surface area contributed by atoms with E-state index in [0.717, 1.165) is 0 Å². The maximum Gasteiger partial charge on any atom is 0.339 e. The first-order valence-corrected chi connectivity index (χ1v) is 10.3. The molecule has 2 aromatic heterocycles. The van der Waals surface area contributed by atoms with Gasteiger partial charge in [0, 0.05) is 30.9 Å². The van der Waals surface area contributed by atoms with Crippen molar-refractivity contribution < 1.29 is 28.6 Å². The van der Waals surface area contributed by atoms with Crippen LogP contribution in [0.2, 0.25) is 0 Å². The molecule has 1 aromatic carbocycles. The van der Waals surface area contributed by atoms with Crippen molar-refractivity contribution in [1.82, 2.24) is 9.97 Å². The lowest BCUT2D eigenvalue weighted by Crippen LogP contribution is -2.15. The molecule has 0 spiro atoms. The molecule has 2 heterocycles. The number of nitrogens with zero attached hydrogens (tertiary/aromatic N) is 2. The number of aromatic nitrogens is 2. The number of ether oxygens (including phenoxy) is 3. The number of carbonyl (C=O) groups is 3. The van der Waals surface area contributed by atoms with Gasteiger partial charge >= 0.3 is 5.97 Å². The van der Waals surface area contributed by atoms with Gasteiger partial charge in [-0.1, -0.05) is 0 Å². The van der Waals surface area contributed by atoms with E-state index in [4.69, 9.17) is 9.47 Å². The monoisotopic (exact) mass is 464 g/mol. The van der Waals surface area contributed by atoms with Crippen molar-refractivity contribution in [2.24, 2.45) is 0 Å². The number of methoxy groups -OCH3 is 1. The fraction of sp³-hybridized carbons (Fsp3) is 0.208. The molecule has 3 aromatic rings. The zero-order valence-corrected chi connectivity index (χ0v) is 19.1. The third-order valence-electron chi connectivity index (χ3n) is 4.22. The van der Waals surface area contributed by atoms with Crippen LogP contribution < -0.4 is 20.1 Å². The van der Waals surface area contributed by atoms with E-state index in [1.165, 1.54) is 44.5 Å². The van der Waals surface area contributed by atoms with Crippen LogP contribution in [0.15, 0.2) is 54.7 Å². The molecule has 0 radical (unpaired) electrons. The molecule has 34 heavy (non-hydrogen) atoms. The number of hydrogen-bond donors (Lipinski definition) is 2. The Bertz CT molecular complexity index is 1180. The third kappa shape index (κ3) is 6.76. The van der Waals surface area contributed by atoms with Crippen LogP contribution in [-0.4, -0.2) is 41.0 Å². The molecule has 10 nitrogen and oxygen atoms in total. The number of esters is 1. The summed E-state index contributed by atoms with van der Waals surface area (Å²) in [5.74, 6) is -0.126. The Morgan fingerprint density at radius 3 is 2.21 bits per heavy atom. The summed E-state index contributed by atoms with van der Waals surface area (Å²) in [6.45, 7) is 5.09. The van der Waals surface area contributed by atoms with Gasteiger partial charge in [-0.25, -0.2) is 9.78 Å². The fourth-order valence-corrected chi connectivity index (χ4v) is 2.79. The van der Waals surface area contributed by atoms with Crippen molar-refractivity contribution in [3.63, 3.8) is 0 Å². The Kier molecular flexibility index (Phi) is 7.75. The maximum atomic E-state index is 12.9.